The predicted molar refractivity (Wildman–Crippen MR) is 87.7 cm³/mol. The van der Waals surface area contributed by atoms with Crippen LogP contribution in [0, 0.1) is 24.0 Å². The van der Waals surface area contributed by atoms with E-state index in [1.54, 1.807) is 6.92 Å². The third-order valence-corrected chi connectivity index (χ3v) is 5.11. The first-order valence-electron chi connectivity index (χ1n) is 7.04. The molecule has 2 aromatic rings. The zero-order chi connectivity index (χ0) is 17.2. The number of rotatable bonds is 5. The standard InChI is InChI=1S/C16H18N2O4S/c1-11-7-8-12(2)16(9-11)13(3)17-23(21,22)15-6-4-5-14(10-15)18(19)20/h4-10,13,17H,1-3H3. The Hall–Kier alpha value is -2.25. The SMILES string of the molecule is Cc1ccc(C)c(C(C)NS(=O)(=O)c2cccc([N+](=O)[O-])c2)c1. The lowest BCUT2D eigenvalue weighted by Gasteiger charge is -2.17. The van der Waals surface area contributed by atoms with Gasteiger partial charge in [0.2, 0.25) is 10.0 Å². The summed E-state index contributed by atoms with van der Waals surface area (Å²) < 4.78 is 27.5. The highest BCUT2D eigenvalue weighted by Gasteiger charge is 2.21. The fourth-order valence-electron chi connectivity index (χ4n) is 2.35. The summed E-state index contributed by atoms with van der Waals surface area (Å²) >= 11 is 0. The molecule has 2 rings (SSSR count). The van der Waals surface area contributed by atoms with Gasteiger partial charge in [-0.05, 0) is 38.0 Å². The first kappa shape index (κ1) is 17.1. The second kappa shape index (κ2) is 6.47. The molecule has 6 nitrogen and oxygen atoms in total. The third-order valence-electron chi connectivity index (χ3n) is 3.57. The van der Waals surface area contributed by atoms with Crippen molar-refractivity contribution in [3.05, 3.63) is 69.3 Å². The molecule has 1 atom stereocenters. The van der Waals surface area contributed by atoms with Crippen LogP contribution in [0.4, 0.5) is 5.69 Å². The molecule has 1 N–H and O–H groups in total. The molecule has 23 heavy (non-hydrogen) atoms. The minimum absolute atomic E-state index is 0.121. The van der Waals surface area contributed by atoms with Gasteiger partial charge in [0.1, 0.15) is 0 Å². The Morgan fingerprint density at radius 3 is 2.48 bits per heavy atom. The number of nitrogens with one attached hydrogen (secondary N) is 1. The maximum absolute atomic E-state index is 12.5. The fourth-order valence-corrected chi connectivity index (χ4v) is 3.62. The highest BCUT2D eigenvalue weighted by molar-refractivity contribution is 7.89. The lowest BCUT2D eigenvalue weighted by molar-refractivity contribution is -0.385. The molecule has 1 unspecified atom stereocenters. The van der Waals surface area contributed by atoms with Crippen molar-refractivity contribution in [1.29, 1.82) is 0 Å². The van der Waals surface area contributed by atoms with E-state index in [1.165, 1.54) is 18.2 Å². The van der Waals surface area contributed by atoms with Gasteiger partial charge in [0.15, 0.2) is 0 Å². The molecule has 0 saturated heterocycles. The number of non-ortho nitro benzene ring substituents is 1. The van der Waals surface area contributed by atoms with E-state index in [9.17, 15) is 18.5 Å². The predicted octanol–water partition coefficient (Wildman–Crippen LogP) is 3.25. The number of hydrogen-bond donors (Lipinski definition) is 1. The zero-order valence-electron chi connectivity index (χ0n) is 13.1. The monoisotopic (exact) mass is 334 g/mol. The van der Waals surface area contributed by atoms with Gasteiger partial charge < -0.3 is 0 Å². The Morgan fingerprint density at radius 1 is 1.13 bits per heavy atom. The number of sulfonamides is 1. The summed E-state index contributed by atoms with van der Waals surface area (Å²) in [5.74, 6) is 0. The van der Waals surface area contributed by atoms with Crippen LogP contribution in [-0.2, 0) is 10.0 Å². The van der Waals surface area contributed by atoms with Crippen LogP contribution in [0.1, 0.15) is 29.7 Å². The molecule has 0 radical (unpaired) electrons. The zero-order valence-corrected chi connectivity index (χ0v) is 13.9. The summed E-state index contributed by atoms with van der Waals surface area (Å²) in [6, 6.07) is 10.4. The van der Waals surface area contributed by atoms with E-state index in [1.807, 2.05) is 32.0 Å². The summed E-state index contributed by atoms with van der Waals surface area (Å²) in [5, 5.41) is 10.8. The molecule has 122 valence electrons. The highest BCUT2D eigenvalue weighted by atomic mass is 32.2. The molecule has 0 saturated carbocycles. The van der Waals surface area contributed by atoms with Gasteiger partial charge in [0.05, 0.1) is 9.82 Å². The van der Waals surface area contributed by atoms with Crippen LogP contribution in [0.15, 0.2) is 47.4 Å². The summed E-state index contributed by atoms with van der Waals surface area (Å²) in [6.07, 6.45) is 0. The van der Waals surface area contributed by atoms with Crippen molar-refractivity contribution in [3.63, 3.8) is 0 Å². The van der Waals surface area contributed by atoms with Gasteiger partial charge in [-0.2, -0.15) is 0 Å². The summed E-state index contributed by atoms with van der Waals surface area (Å²) in [4.78, 5) is 10.1. The Morgan fingerprint density at radius 2 is 1.83 bits per heavy atom. The second-order valence-corrected chi connectivity index (χ2v) is 7.17. The Balaban J connectivity index is 2.32. The van der Waals surface area contributed by atoms with Crippen molar-refractivity contribution < 1.29 is 13.3 Å². The van der Waals surface area contributed by atoms with E-state index in [2.05, 4.69) is 4.72 Å². The Kier molecular flexibility index (Phi) is 4.82. The maximum Gasteiger partial charge on any atom is 0.270 e. The molecule has 0 aromatic heterocycles. The lowest BCUT2D eigenvalue weighted by Crippen LogP contribution is -2.27. The van der Waals surface area contributed by atoms with Gasteiger partial charge in [-0.25, -0.2) is 13.1 Å². The summed E-state index contributed by atoms with van der Waals surface area (Å²) in [7, 11) is -3.85. The largest absolute Gasteiger partial charge is 0.270 e. The second-order valence-electron chi connectivity index (χ2n) is 5.46. The average molecular weight is 334 g/mol. The van der Waals surface area contributed by atoms with Gasteiger partial charge in [0, 0.05) is 18.2 Å². The molecule has 2 aromatic carbocycles. The van der Waals surface area contributed by atoms with Crippen LogP contribution >= 0.6 is 0 Å². The van der Waals surface area contributed by atoms with Crippen molar-refractivity contribution in [2.75, 3.05) is 0 Å². The van der Waals surface area contributed by atoms with E-state index >= 15 is 0 Å². The minimum atomic E-state index is -3.85. The first-order chi connectivity index (χ1) is 10.7. The van der Waals surface area contributed by atoms with Crippen LogP contribution in [0.3, 0.4) is 0 Å². The molecule has 0 heterocycles. The molecular formula is C16H18N2O4S. The quantitative estimate of drug-likeness (QED) is 0.671. The van der Waals surface area contributed by atoms with Gasteiger partial charge >= 0.3 is 0 Å². The van der Waals surface area contributed by atoms with Crippen molar-refractivity contribution >= 4 is 15.7 Å². The van der Waals surface area contributed by atoms with Crippen molar-refractivity contribution in [2.24, 2.45) is 0 Å². The van der Waals surface area contributed by atoms with Crippen LogP contribution < -0.4 is 4.72 Å². The first-order valence-corrected chi connectivity index (χ1v) is 8.53. The van der Waals surface area contributed by atoms with E-state index in [0.29, 0.717) is 0 Å². The molecule has 0 aliphatic rings. The summed E-state index contributed by atoms with van der Waals surface area (Å²) in [6.45, 7) is 5.59. The van der Waals surface area contributed by atoms with E-state index < -0.39 is 21.0 Å². The fraction of sp³-hybridized carbons (Fsp3) is 0.250. The summed E-state index contributed by atoms with van der Waals surface area (Å²) in [5.41, 5.74) is 2.63. The minimum Gasteiger partial charge on any atom is -0.258 e. The normalized spacial score (nSPS) is 12.8. The topological polar surface area (TPSA) is 89.3 Å². The molecule has 0 aliphatic carbocycles. The molecule has 0 spiro atoms. The highest BCUT2D eigenvalue weighted by Crippen LogP contribution is 2.23. The van der Waals surface area contributed by atoms with Gasteiger partial charge in [-0.3, -0.25) is 10.1 Å². The number of nitro groups is 1. The lowest BCUT2D eigenvalue weighted by atomic mass is 10.0. The number of nitro benzene ring substituents is 1. The van der Waals surface area contributed by atoms with Crippen molar-refractivity contribution in [2.45, 2.75) is 31.7 Å². The Bertz CT molecular complexity index is 847. The van der Waals surface area contributed by atoms with Crippen LogP contribution in [-0.4, -0.2) is 13.3 Å². The number of hydrogen-bond acceptors (Lipinski definition) is 4. The number of nitrogens with zero attached hydrogens (tertiary/aromatic N) is 1. The van der Waals surface area contributed by atoms with Crippen LogP contribution in [0.25, 0.3) is 0 Å². The van der Waals surface area contributed by atoms with Crippen molar-refractivity contribution in [1.82, 2.24) is 4.72 Å². The van der Waals surface area contributed by atoms with Gasteiger partial charge in [-0.1, -0.05) is 29.8 Å². The molecule has 0 bridgehead atoms. The Labute approximate surface area is 135 Å². The molecule has 0 aliphatic heterocycles. The average Bonchev–Trinajstić information content (AvgIpc) is 2.49. The van der Waals surface area contributed by atoms with Crippen LogP contribution in [0.5, 0.6) is 0 Å². The van der Waals surface area contributed by atoms with E-state index in [4.69, 9.17) is 0 Å². The molecule has 0 amide bonds. The van der Waals surface area contributed by atoms with E-state index in [0.717, 1.165) is 22.8 Å². The number of benzene rings is 2. The third kappa shape index (κ3) is 3.94. The van der Waals surface area contributed by atoms with Gasteiger partial charge in [0.25, 0.3) is 5.69 Å². The maximum atomic E-state index is 12.5. The molecule has 7 heteroatoms. The van der Waals surface area contributed by atoms with E-state index in [-0.39, 0.29) is 10.6 Å². The molecule has 0 fully saturated rings. The smallest absolute Gasteiger partial charge is 0.258 e. The molecular weight excluding hydrogens is 316 g/mol. The van der Waals surface area contributed by atoms with Crippen LogP contribution in [0.2, 0.25) is 0 Å². The number of aryl methyl sites for hydroxylation is 2. The van der Waals surface area contributed by atoms with Crippen molar-refractivity contribution in [3.8, 4) is 0 Å². The van der Waals surface area contributed by atoms with Gasteiger partial charge in [-0.15, -0.1) is 0 Å².